The van der Waals surface area contributed by atoms with Gasteiger partial charge in [0.2, 0.25) is 0 Å². The monoisotopic (exact) mass is 457 g/mol. The third-order valence-electron chi connectivity index (χ3n) is 5.06. The van der Waals surface area contributed by atoms with Crippen molar-refractivity contribution in [2.45, 2.75) is 13.8 Å². The molecule has 1 aliphatic rings. The zero-order valence-electron chi connectivity index (χ0n) is 18.8. The minimum absolute atomic E-state index is 0.198. The van der Waals surface area contributed by atoms with Crippen LogP contribution >= 0.6 is 0 Å². The Morgan fingerprint density at radius 3 is 2.26 bits per heavy atom. The molecule has 1 aliphatic heterocycles. The molecule has 0 atom stereocenters. The largest absolute Gasteiger partial charge is 0.490 e. The van der Waals surface area contributed by atoms with Crippen LogP contribution in [0.25, 0.3) is 0 Å². The molecule has 0 unspecified atom stereocenters. The van der Waals surface area contributed by atoms with E-state index in [1.807, 2.05) is 38.1 Å². The SMILES string of the molecule is CCOc1cc(/C=N\N2C(=O)c3ccccc3C2=O)ccc1OCC(=O)Nc1ccc(C)cc1. The Morgan fingerprint density at radius 2 is 1.62 bits per heavy atom. The summed E-state index contributed by atoms with van der Waals surface area (Å²) in [6.45, 7) is 3.98. The molecular weight excluding hydrogens is 434 g/mol. The van der Waals surface area contributed by atoms with Crippen molar-refractivity contribution in [3.63, 3.8) is 0 Å². The zero-order chi connectivity index (χ0) is 24.1. The first-order valence-corrected chi connectivity index (χ1v) is 10.7. The summed E-state index contributed by atoms with van der Waals surface area (Å²) < 4.78 is 11.3. The van der Waals surface area contributed by atoms with Gasteiger partial charge in [-0.25, -0.2) is 0 Å². The number of hydrazone groups is 1. The van der Waals surface area contributed by atoms with Gasteiger partial charge >= 0.3 is 0 Å². The van der Waals surface area contributed by atoms with E-state index in [4.69, 9.17) is 9.47 Å². The highest BCUT2D eigenvalue weighted by atomic mass is 16.5. The predicted octanol–water partition coefficient (Wildman–Crippen LogP) is 4.04. The van der Waals surface area contributed by atoms with E-state index in [1.165, 1.54) is 6.21 Å². The molecule has 3 aromatic carbocycles. The van der Waals surface area contributed by atoms with E-state index in [1.54, 1.807) is 42.5 Å². The van der Waals surface area contributed by atoms with Crippen molar-refractivity contribution in [2.24, 2.45) is 5.10 Å². The number of nitrogens with zero attached hydrogens (tertiary/aromatic N) is 2. The van der Waals surface area contributed by atoms with Crippen LogP contribution in [0.1, 0.15) is 38.8 Å². The summed E-state index contributed by atoms with van der Waals surface area (Å²) in [5, 5.41) is 7.69. The topological polar surface area (TPSA) is 97.3 Å². The van der Waals surface area contributed by atoms with Gasteiger partial charge in [-0.15, -0.1) is 0 Å². The molecule has 8 heteroatoms. The first-order valence-electron chi connectivity index (χ1n) is 10.7. The molecule has 0 saturated carbocycles. The highest BCUT2D eigenvalue weighted by molar-refractivity contribution is 6.21. The van der Waals surface area contributed by atoms with E-state index in [0.29, 0.717) is 40.5 Å². The molecule has 0 radical (unpaired) electrons. The van der Waals surface area contributed by atoms with E-state index in [0.717, 1.165) is 10.6 Å². The number of ether oxygens (including phenoxy) is 2. The van der Waals surface area contributed by atoms with Gasteiger partial charge in [-0.1, -0.05) is 29.8 Å². The zero-order valence-corrected chi connectivity index (χ0v) is 18.8. The molecule has 0 spiro atoms. The molecule has 0 fully saturated rings. The lowest BCUT2D eigenvalue weighted by Gasteiger charge is -2.13. The van der Waals surface area contributed by atoms with E-state index in [2.05, 4.69) is 10.4 Å². The first-order chi connectivity index (χ1) is 16.5. The maximum atomic E-state index is 12.5. The Hall–Kier alpha value is -4.46. The smallest absolute Gasteiger partial charge is 0.282 e. The fraction of sp³-hybridized carbons (Fsp3) is 0.154. The lowest BCUT2D eigenvalue weighted by Crippen LogP contribution is -2.24. The van der Waals surface area contributed by atoms with Crippen molar-refractivity contribution < 1.29 is 23.9 Å². The molecule has 8 nitrogen and oxygen atoms in total. The molecule has 3 amide bonds. The molecule has 1 N–H and O–H groups in total. The highest BCUT2D eigenvalue weighted by Crippen LogP contribution is 2.28. The van der Waals surface area contributed by atoms with Crippen LogP contribution < -0.4 is 14.8 Å². The second-order valence-corrected chi connectivity index (χ2v) is 7.55. The van der Waals surface area contributed by atoms with Crippen LogP contribution in [0.3, 0.4) is 0 Å². The maximum Gasteiger partial charge on any atom is 0.282 e. The number of hydrogen-bond acceptors (Lipinski definition) is 6. The van der Waals surface area contributed by atoms with E-state index in [9.17, 15) is 14.4 Å². The molecule has 0 aliphatic carbocycles. The van der Waals surface area contributed by atoms with Gasteiger partial charge in [0.15, 0.2) is 18.1 Å². The minimum Gasteiger partial charge on any atom is -0.490 e. The van der Waals surface area contributed by atoms with Gasteiger partial charge in [0.05, 0.1) is 23.9 Å². The Bertz CT molecular complexity index is 1230. The van der Waals surface area contributed by atoms with Gasteiger partial charge in [0, 0.05) is 5.69 Å². The van der Waals surface area contributed by atoms with Gasteiger partial charge in [-0.05, 0) is 61.9 Å². The molecule has 0 bridgehead atoms. The van der Waals surface area contributed by atoms with E-state index < -0.39 is 11.8 Å². The molecule has 0 aromatic heterocycles. The lowest BCUT2D eigenvalue weighted by molar-refractivity contribution is -0.118. The summed E-state index contributed by atoms with van der Waals surface area (Å²) in [5.74, 6) is -0.443. The fourth-order valence-corrected chi connectivity index (χ4v) is 3.38. The number of anilines is 1. The number of nitrogens with one attached hydrogen (secondary N) is 1. The average Bonchev–Trinajstić information content (AvgIpc) is 3.08. The average molecular weight is 457 g/mol. The van der Waals surface area contributed by atoms with Gasteiger partial charge < -0.3 is 14.8 Å². The fourth-order valence-electron chi connectivity index (χ4n) is 3.38. The quantitative estimate of drug-likeness (QED) is 0.407. The van der Waals surface area contributed by atoms with Crippen molar-refractivity contribution >= 4 is 29.6 Å². The summed E-state index contributed by atoms with van der Waals surface area (Å²) in [4.78, 5) is 37.2. The molecule has 1 heterocycles. The number of hydrogen-bond donors (Lipinski definition) is 1. The molecule has 0 saturated heterocycles. The summed E-state index contributed by atoms with van der Waals surface area (Å²) >= 11 is 0. The number of fused-ring (bicyclic) bond motifs is 1. The van der Waals surface area contributed by atoms with Crippen molar-refractivity contribution in [3.8, 4) is 11.5 Å². The van der Waals surface area contributed by atoms with Gasteiger partial charge in [0.25, 0.3) is 17.7 Å². The van der Waals surface area contributed by atoms with Crippen LogP contribution in [0.15, 0.2) is 71.8 Å². The Morgan fingerprint density at radius 1 is 0.941 bits per heavy atom. The maximum absolute atomic E-state index is 12.5. The third-order valence-corrected chi connectivity index (χ3v) is 5.06. The summed E-state index contributed by atoms with van der Waals surface area (Å²) in [5.41, 5.74) is 3.03. The molecule has 34 heavy (non-hydrogen) atoms. The number of benzene rings is 3. The normalized spacial score (nSPS) is 12.7. The van der Waals surface area contributed by atoms with Crippen LogP contribution in [0.2, 0.25) is 0 Å². The molecule has 4 rings (SSSR count). The summed E-state index contributed by atoms with van der Waals surface area (Å²) in [6, 6.07) is 19.1. The van der Waals surface area contributed by atoms with Crippen LogP contribution in [0.4, 0.5) is 5.69 Å². The lowest BCUT2D eigenvalue weighted by atomic mass is 10.1. The van der Waals surface area contributed by atoms with Crippen LogP contribution in [0.5, 0.6) is 11.5 Å². The minimum atomic E-state index is -0.471. The number of rotatable bonds is 8. The summed E-state index contributed by atoms with van der Waals surface area (Å²) in [7, 11) is 0. The predicted molar refractivity (Wildman–Crippen MR) is 127 cm³/mol. The van der Waals surface area contributed by atoms with E-state index >= 15 is 0 Å². The van der Waals surface area contributed by atoms with Crippen molar-refractivity contribution in [3.05, 3.63) is 89.0 Å². The van der Waals surface area contributed by atoms with Gasteiger partial charge in [0.1, 0.15) is 0 Å². The van der Waals surface area contributed by atoms with Crippen LogP contribution in [0, 0.1) is 6.92 Å². The molecule has 172 valence electrons. The van der Waals surface area contributed by atoms with Crippen molar-refractivity contribution in [1.29, 1.82) is 0 Å². The number of aryl methyl sites for hydroxylation is 1. The van der Waals surface area contributed by atoms with E-state index in [-0.39, 0.29) is 12.5 Å². The number of imide groups is 1. The Kier molecular flexibility index (Phi) is 6.68. The van der Waals surface area contributed by atoms with Crippen molar-refractivity contribution in [1.82, 2.24) is 5.01 Å². The molecule has 3 aromatic rings. The second kappa shape index (κ2) is 9.99. The highest BCUT2D eigenvalue weighted by Gasteiger charge is 2.35. The Balaban J connectivity index is 1.43. The number of carbonyl (C=O) groups excluding carboxylic acids is 3. The van der Waals surface area contributed by atoms with Gasteiger partial charge in [-0.3, -0.25) is 14.4 Å². The first kappa shape index (κ1) is 22.7. The standard InChI is InChI=1S/C26H23N3O5/c1-3-33-23-14-18(15-27-29-25(31)20-6-4-5-7-21(20)26(29)32)10-13-22(23)34-16-24(30)28-19-11-8-17(2)9-12-19/h4-15H,3,16H2,1-2H3,(H,28,30)/b27-15-. The second-order valence-electron chi connectivity index (χ2n) is 7.55. The Labute approximate surface area is 196 Å². The van der Waals surface area contributed by atoms with Crippen molar-refractivity contribution in [2.75, 3.05) is 18.5 Å². The van der Waals surface area contributed by atoms with Crippen LogP contribution in [-0.4, -0.2) is 42.2 Å². The third kappa shape index (κ3) is 4.96. The molecular formula is C26H23N3O5. The number of carbonyl (C=O) groups is 3. The van der Waals surface area contributed by atoms with Crippen LogP contribution in [-0.2, 0) is 4.79 Å². The number of amides is 3. The van der Waals surface area contributed by atoms with Gasteiger partial charge in [-0.2, -0.15) is 10.1 Å². The summed E-state index contributed by atoms with van der Waals surface area (Å²) in [6.07, 6.45) is 1.40.